The molecule has 0 aromatic carbocycles. The van der Waals surface area contributed by atoms with Crippen molar-refractivity contribution in [1.29, 1.82) is 0 Å². The van der Waals surface area contributed by atoms with E-state index in [1.54, 1.807) is 10.9 Å². The smallest absolute Gasteiger partial charge is 0.229 e. The van der Waals surface area contributed by atoms with Gasteiger partial charge in [-0.15, -0.1) is 0 Å². The number of fused-ring (bicyclic) bond motifs is 1. The number of nitrogens with two attached hydrogens (primary N) is 1. The van der Waals surface area contributed by atoms with E-state index in [2.05, 4.69) is 30.3 Å². The Labute approximate surface area is 146 Å². The quantitative estimate of drug-likeness (QED) is 0.745. The van der Waals surface area contributed by atoms with E-state index in [1.165, 1.54) is 0 Å². The van der Waals surface area contributed by atoms with Crippen molar-refractivity contribution >= 4 is 28.6 Å². The second kappa shape index (κ2) is 6.19. The molecule has 8 nitrogen and oxygen atoms in total. The number of rotatable bonds is 4. The minimum Gasteiger partial charge on any atom is -0.383 e. The van der Waals surface area contributed by atoms with Gasteiger partial charge in [-0.2, -0.15) is 15.1 Å². The molecule has 0 spiro atoms. The molecule has 1 fully saturated rings. The highest BCUT2D eigenvalue weighted by Gasteiger charge is 2.25. The molecule has 1 aliphatic rings. The fourth-order valence-corrected chi connectivity index (χ4v) is 3.24. The van der Waals surface area contributed by atoms with Crippen molar-refractivity contribution in [3.05, 3.63) is 30.1 Å². The lowest BCUT2D eigenvalue weighted by Crippen LogP contribution is -2.24. The van der Waals surface area contributed by atoms with Gasteiger partial charge in [0.1, 0.15) is 11.6 Å². The molecule has 3 aromatic rings. The van der Waals surface area contributed by atoms with Crippen LogP contribution in [-0.2, 0) is 7.05 Å². The molecule has 1 aliphatic heterocycles. The van der Waals surface area contributed by atoms with Gasteiger partial charge in [0.05, 0.1) is 11.6 Å². The molecule has 25 heavy (non-hydrogen) atoms. The van der Waals surface area contributed by atoms with Gasteiger partial charge < -0.3 is 16.0 Å². The fourth-order valence-electron chi connectivity index (χ4n) is 3.24. The Bertz CT molecular complexity index is 903. The van der Waals surface area contributed by atoms with E-state index in [9.17, 15) is 0 Å². The van der Waals surface area contributed by atoms with Crippen molar-refractivity contribution < 1.29 is 0 Å². The molecule has 4 heterocycles. The van der Waals surface area contributed by atoms with Crippen molar-refractivity contribution in [2.24, 2.45) is 13.0 Å². The first kappa shape index (κ1) is 15.6. The summed E-state index contributed by atoms with van der Waals surface area (Å²) in [7, 11) is 1.87. The van der Waals surface area contributed by atoms with Gasteiger partial charge >= 0.3 is 0 Å². The summed E-state index contributed by atoms with van der Waals surface area (Å²) in [5, 5.41) is 8.44. The highest BCUT2D eigenvalue weighted by atomic mass is 15.3. The van der Waals surface area contributed by atoms with Crippen LogP contribution in [0.25, 0.3) is 11.0 Å². The number of nitrogens with one attached hydrogen (secondary N) is 1. The van der Waals surface area contributed by atoms with Gasteiger partial charge in [0, 0.05) is 32.4 Å². The molecular weight excluding hydrogens is 316 g/mol. The first-order valence-corrected chi connectivity index (χ1v) is 8.48. The average Bonchev–Trinajstić information content (AvgIpc) is 3.21. The van der Waals surface area contributed by atoms with Crippen LogP contribution in [0.1, 0.15) is 12.1 Å². The number of aryl methyl sites for hydroxylation is 2. The monoisotopic (exact) mass is 338 g/mol. The van der Waals surface area contributed by atoms with Crippen LogP contribution in [0.5, 0.6) is 0 Å². The minimum absolute atomic E-state index is 0.485. The van der Waals surface area contributed by atoms with Crippen molar-refractivity contribution in [1.82, 2.24) is 24.7 Å². The lowest BCUT2D eigenvalue weighted by atomic mass is 10.1. The largest absolute Gasteiger partial charge is 0.383 e. The van der Waals surface area contributed by atoms with Gasteiger partial charge in [0.15, 0.2) is 5.65 Å². The molecule has 0 saturated carbocycles. The van der Waals surface area contributed by atoms with Gasteiger partial charge in [-0.3, -0.25) is 4.68 Å². The molecule has 0 radical (unpaired) electrons. The Morgan fingerprint density at radius 3 is 3.00 bits per heavy atom. The number of pyridine rings is 1. The summed E-state index contributed by atoms with van der Waals surface area (Å²) in [5.74, 6) is 2.62. The minimum atomic E-state index is 0.485. The molecule has 3 aromatic heterocycles. The van der Waals surface area contributed by atoms with Crippen molar-refractivity contribution in [3.63, 3.8) is 0 Å². The first-order chi connectivity index (χ1) is 12.1. The van der Waals surface area contributed by atoms with E-state index in [0.717, 1.165) is 48.6 Å². The van der Waals surface area contributed by atoms with Gasteiger partial charge in [-0.05, 0) is 31.4 Å². The number of hydrogen-bond donors (Lipinski definition) is 2. The lowest BCUT2D eigenvalue weighted by Gasteiger charge is -2.17. The summed E-state index contributed by atoms with van der Waals surface area (Å²) in [6.07, 6.45) is 2.80. The summed E-state index contributed by atoms with van der Waals surface area (Å²) in [4.78, 5) is 15.8. The fraction of sp³-hybridized carbons (Fsp3) is 0.412. The maximum atomic E-state index is 6.07. The Balaban J connectivity index is 1.44. The Morgan fingerprint density at radius 2 is 2.16 bits per heavy atom. The summed E-state index contributed by atoms with van der Waals surface area (Å²) >= 11 is 0. The van der Waals surface area contributed by atoms with E-state index in [4.69, 9.17) is 5.73 Å². The summed E-state index contributed by atoms with van der Waals surface area (Å²) in [5.41, 5.74) is 7.86. The standard InChI is InChI=1S/C17H22N8/c1-11-4-3-5-14(21-11)19-8-12-6-7-25(10-12)17-22-15(18)13-9-20-24(2)16(13)23-17/h3-5,9,12H,6-8,10H2,1-2H3,(H,19,21)(H2,18,22,23)/t12-/m1/s1. The summed E-state index contributed by atoms with van der Waals surface area (Å²) in [6.45, 7) is 4.72. The molecule has 4 rings (SSSR count). The number of aromatic nitrogens is 5. The zero-order valence-corrected chi connectivity index (χ0v) is 14.5. The van der Waals surface area contributed by atoms with Crippen LogP contribution in [0, 0.1) is 12.8 Å². The highest BCUT2D eigenvalue weighted by molar-refractivity contribution is 5.86. The predicted octanol–water partition coefficient (Wildman–Crippen LogP) is 1.59. The maximum Gasteiger partial charge on any atom is 0.229 e. The second-order valence-electron chi connectivity index (χ2n) is 6.56. The third kappa shape index (κ3) is 3.07. The van der Waals surface area contributed by atoms with Gasteiger partial charge in [0.2, 0.25) is 5.95 Å². The Morgan fingerprint density at radius 1 is 1.28 bits per heavy atom. The van der Waals surface area contributed by atoms with Gasteiger partial charge in [-0.25, -0.2) is 4.98 Å². The number of nitrogens with zero attached hydrogens (tertiary/aromatic N) is 6. The van der Waals surface area contributed by atoms with Crippen LogP contribution < -0.4 is 16.0 Å². The average molecular weight is 338 g/mol. The molecule has 3 N–H and O–H groups in total. The highest BCUT2D eigenvalue weighted by Crippen LogP contribution is 2.25. The number of nitrogen functional groups attached to an aromatic ring is 1. The van der Waals surface area contributed by atoms with Crippen LogP contribution in [0.2, 0.25) is 0 Å². The van der Waals surface area contributed by atoms with Crippen molar-refractivity contribution in [2.75, 3.05) is 35.6 Å². The second-order valence-corrected chi connectivity index (χ2v) is 6.56. The van der Waals surface area contributed by atoms with Crippen LogP contribution >= 0.6 is 0 Å². The van der Waals surface area contributed by atoms with E-state index in [-0.39, 0.29) is 0 Å². The van der Waals surface area contributed by atoms with E-state index < -0.39 is 0 Å². The molecule has 0 amide bonds. The topological polar surface area (TPSA) is 97.8 Å². The molecule has 0 bridgehead atoms. The van der Waals surface area contributed by atoms with Crippen LogP contribution in [-0.4, -0.2) is 44.4 Å². The zero-order chi connectivity index (χ0) is 17.4. The molecule has 8 heteroatoms. The van der Waals surface area contributed by atoms with Gasteiger partial charge in [0.25, 0.3) is 0 Å². The van der Waals surface area contributed by atoms with E-state index >= 15 is 0 Å². The molecule has 0 unspecified atom stereocenters. The summed E-state index contributed by atoms with van der Waals surface area (Å²) in [6, 6.07) is 6.02. The lowest BCUT2D eigenvalue weighted by molar-refractivity contribution is 0.620. The third-order valence-corrected chi connectivity index (χ3v) is 4.64. The zero-order valence-electron chi connectivity index (χ0n) is 14.5. The normalized spacial score (nSPS) is 17.4. The van der Waals surface area contributed by atoms with E-state index in [0.29, 0.717) is 17.7 Å². The molecule has 1 atom stereocenters. The van der Waals surface area contributed by atoms with Gasteiger partial charge in [-0.1, -0.05) is 6.07 Å². The maximum absolute atomic E-state index is 6.07. The molecule has 1 saturated heterocycles. The Kier molecular flexibility index (Phi) is 3.87. The number of anilines is 3. The van der Waals surface area contributed by atoms with E-state index in [1.807, 2.05) is 32.2 Å². The predicted molar refractivity (Wildman–Crippen MR) is 98.5 cm³/mol. The Hall–Kier alpha value is -2.90. The SMILES string of the molecule is Cc1cccc(NC[C@H]2CCN(c3nc(N)c4cnn(C)c4n3)C2)n1. The molecule has 0 aliphatic carbocycles. The third-order valence-electron chi connectivity index (χ3n) is 4.64. The van der Waals surface area contributed by atoms with Crippen LogP contribution in [0.3, 0.4) is 0 Å². The van der Waals surface area contributed by atoms with Crippen molar-refractivity contribution in [2.45, 2.75) is 13.3 Å². The van der Waals surface area contributed by atoms with Crippen LogP contribution in [0.15, 0.2) is 24.4 Å². The first-order valence-electron chi connectivity index (χ1n) is 8.48. The van der Waals surface area contributed by atoms with Crippen LogP contribution in [0.4, 0.5) is 17.6 Å². The number of hydrogen-bond acceptors (Lipinski definition) is 7. The molecule has 130 valence electrons. The summed E-state index contributed by atoms with van der Waals surface area (Å²) < 4.78 is 1.73. The van der Waals surface area contributed by atoms with Crippen molar-refractivity contribution in [3.8, 4) is 0 Å². The molecular formula is C17H22N8.